The van der Waals surface area contributed by atoms with Gasteiger partial charge >= 0.3 is 5.97 Å². The third kappa shape index (κ3) is 5.59. The number of carbonyl (C=O) groups is 1. The van der Waals surface area contributed by atoms with E-state index in [-0.39, 0.29) is 12.5 Å². The summed E-state index contributed by atoms with van der Waals surface area (Å²) in [6.07, 6.45) is 2.69. The van der Waals surface area contributed by atoms with Crippen molar-refractivity contribution in [3.8, 4) is 28.3 Å². The van der Waals surface area contributed by atoms with Gasteiger partial charge in [-0.15, -0.1) is 0 Å². The molecule has 1 aliphatic rings. The molecule has 5 rings (SSSR count). The van der Waals surface area contributed by atoms with Crippen molar-refractivity contribution in [1.82, 2.24) is 4.98 Å². The lowest BCUT2D eigenvalue weighted by molar-refractivity contribution is -0.145. The maximum atomic E-state index is 11.9. The Kier molecular flexibility index (Phi) is 7.37. The van der Waals surface area contributed by atoms with Gasteiger partial charge in [0, 0.05) is 17.0 Å². The summed E-state index contributed by atoms with van der Waals surface area (Å²) in [7, 11) is 0. The average Bonchev–Trinajstić information content (AvgIpc) is 3.52. The van der Waals surface area contributed by atoms with Crippen LogP contribution in [-0.2, 0) is 16.0 Å². The first kappa shape index (κ1) is 24.8. The molecule has 0 aliphatic heterocycles. The van der Waals surface area contributed by atoms with Gasteiger partial charge in [-0.2, -0.15) is 0 Å². The smallest absolute Gasteiger partial charge is 0.344 e. The molecule has 0 spiro atoms. The monoisotopic (exact) mass is 497 g/mol. The van der Waals surface area contributed by atoms with Crippen molar-refractivity contribution in [3.05, 3.63) is 96.4 Å². The minimum Gasteiger partial charge on any atom is -0.482 e. The fourth-order valence-corrected chi connectivity index (χ4v) is 5.19. The third-order valence-electron chi connectivity index (χ3n) is 6.89. The summed E-state index contributed by atoms with van der Waals surface area (Å²) in [4.78, 5) is 16.6. The molecule has 190 valence electrons. The van der Waals surface area contributed by atoms with Crippen LogP contribution in [0.5, 0.6) is 5.75 Å². The van der Waals surface area contributed by atoms with E-state index in [1.807, 2.05) is 84.9 Å². The molecule has 2 unspecified atom stereocenters. The van der Waals surface area contributed by atoms with Gasteiger partial charge in [0.25, 0.3) is 0 Å². The lowest BCUT2D eigenvalue weighted by Gasteiger charge is -2.29. The topological polar surface area (TPSA) is 81.8 Å². The Morgan fingerprint density at radius 1 is 1.03 bits per heavy atom. The van der Waals surface area contributed by atoms with Crippen molar-refractivity contribution in [3.63, 3.8) is 0 Å². The van der Waals surface area contributed by atoms with E-state index >= 15 is 0 Å². The van der Waals surface area contributed by atoms with Crippen LogP contribution < -0.4 is 4.74 Å². The van der Waals surface area contributed by atoms with Crippen LogP contribution in [-0.4, -0.2) is 34.9 Å². The molecule has 1 aliphatic carbocycles. The Bertz CT molecular complexity index is 1280. The van der Waals surface area contributed by atoms with Gasteiger partial charge in [-0.25, -0.2) is 9.78 Å². The fourth-order valence-electron chi connectivity index (χ4n) is 5.19. The summed E-state index contributed by atoms with van der Waals surface area (Å²) in [5.41, 5.74) is 2.65. The van der Waals surface area contributed by atoms with E-state index < -0.39 is 11.6 Å². The number of benzene rings is 3. The number of hydrogen-bond donors (Lipinski definition) is 1. The summed E-state index contributed by atoms with van der Waals surface area (Å²) in [5, 5.41) is 11.9. The largest absolute Gasteiger partial charge is 0.482 e. The van der Waals surface area contributed by atoms with Crippen LogP contribution in [0.3, 0.4) is 0 Å². The van der Waals surface area contributed by atoms with E-state index in [1.165, 1.54) is 0 Å². The van der Waals surface area contributed by atoms with Gasteiger partial charge in [0.1, 0.15) is 11.4 Å². The van der Waals surface area contributed by atoms with Gasteiger partial charge in [-0.05, 0) is 43.9 Å². The van der Waals surface area contributed by atoms with Gasteiger partial charge in [0.15, 0.2) is 18.3 Å². The Labute approximate surface area is 216 Å². The quantitative estimate of drug-likeness (QED) is 0.278. The SMILES string of the molecule is CCOC(=O)COc1cccc(C2CCCC2(O)Cc2nc(-c3ccccc3)c(-c3ccccc3)o2)c1. The first-order valence-corrected chi connectivity index (χ1v) is 12.8. The molecule has 0 amide bonds. The molecule has 0 bridgehead atoms. The zero-order valence-corrected chi connectivity index (χ0v) is 20.9. The van der Waals surface area contributed by atoms with Crippen LogP contribution in [0.4, 0.5) is 0 Å². The number of rotatable bonds is 9. The number of aromatic nitrogens is 1. The highest BCUT2D eigenvalue weighted by Crippen LogP contribution is 2.46. The molecule has 6 nitrogen and oxygen atoms in total. The number of carbonyl (C=O) groups excluding carboxylic acids is 1. The van der Waals surface area contributed by atoms with Crippen LogP contribution in [0.1, 0.15) is 43.6 Å². The molecule has 1 heterocycles. The normalized spacial score (nSPS) is 19.0. The number of ether oxygens (including phenoxy) is 2. The molecule has 1 N–H and O–H groups in total. The highest BCUT2D eigenvalue weighted by Gasteiger charge is 2.43. The lowest BCUT2D eigenvalue weighted by Crippen LogP contribution is -2.34. The highest BCUT2D eigenvalue weighted by molar-refractivity contribution is 5.76. The van der Waals surface area contributed by atoms with Gasteiger partial charge in [0.2, 0.25) is 0 Å². The molecule has 1 fully saturated rings. The molecule has 1 saturated carbocycles. The second-order valence-electron chi connectivity index (χ2n) is 9.41. The van der Waals surface area contributed by atoms with Crippen LogP contribution in [0.15, 0.2) is 89.3 Å². The first-order chi connectivity index (χ1) is 18.1. The van der Waals surface area contributed by atoms with Crippen molar-refractivity contribution in [2.24, 2.45) is 0 Å². The predicted molar refractivity (Wildman–Crippen MR) is 141 cm³/mol. The Morgan fingerprint density at radius 3 is 2.49 bits per heavy atom. The zero-order chi connectivity index (χ0) is 25.7. The highest BCUT2D eigenvalue weighted by atomic mass is 16.6. The fraction of sp³-hybridized carbons (Fsp3) is 0.290. The number of oxazole rings is 1. The predicted octanol–water partition coefficient (Wildman–Crippen LogP) is 6.19. The molecule has 0 saturated heterocycles. The zero-order valence-electron chi connectivity index (χ0n) is 20.9. The van der Waals surface area contributed by atoms with Crippen molar-refractivity contribution < 1.29 is 23.8 Å². The molecule has 2 atom stereocenters. The molecular formula is C31H31NO5. The summed E-state index contributed by atoms with van der Waals surface area (Å²) in [5.74, 6) is 1.29. The van der Waals surface area contributed by atoms with Gasteiger partial charge in [-0.1, -0.05) is 72.8 Å². The third-order valence-corrected chi connectivity index (χ3v) is 6.89. The summed E-state index contributed by atoms with van der Waals surface area (Å²) < 4.78 is 16.9. The van der Waals surface area contributed by atoms with Crippen LogP contribution in [0, 0.1) is 0 Å². The lowest BCUT2D eigenvalue weighted by atomic mass is 9.82. The van der Waals surface area contributed by atoms with E-state index in [0.717, 1.165) is 35.2 Å². The second-order valence-corrected chi connectivity index (χ2v) is 9.41. The van der Waals surface area contributed by atoms with Crippen molar-refractivity contribution in [1.29, 1.82) is 0 Å². The van der Waals surface area contributed by atoms with Crippen LogP contribution in [0.25, 0.3) is 22.6 Å². The van der Waals surface area contributed by atoms with Gasteiger partial charge in [-0.3, -0.25) is 0 Å². The molecule has 1 aromatic heterocycles. The van der Waals surface area contributed by atoms with E-state index in [0.29, 0.717) is 36.8 Å². The Balaban J connectivity index is 1.41. The van der Waals surface area contributed by atoms with Crippen molar-refractivity contribution in [2.45, 2.75) is 44.1 Å². The van der Waals surface area contributed by atoms with E-state index in [4.69, 9.17) is 18.9 Å². The molecule has 3 aromatic carbocycles. The Morgan fingerprint density at radius 2 is 1.76 bits per heavy atom. The number of hydrogen-bond acceptors (Lipinski definition) is 6. The minimum atomic E-state index is -1.01. The molecule has 37 heavy (non-hydrogen) atoms. The minimum absolute atomic E-state index is 0.106. The van der Waals surface area contributed by atoms with Crippen LogP contribution >= 0.6 is 0 Å². The summed E-state index contributed by atoms with van der Waals surface area (Å²) in [6.45, 7) is 1.93. The van der Waals surface area contributed by atoms with Gasteiger partial charge in [0.05, 0.1) is 18.6 Å². The van der Waals surface area contributed by atoms with E-state index in [9.17, 15) is 9.90 Å². The first-order valence-electron chi connectivity index (χ1n) is 12.8. The number of esters is 1. The molecule has 6 heteroatoms. The van der Waals surface area contributed by atoms with Crippen molar-refractivity contribution >= 4 is 5.97 Å². The maximum absolute atomic E-state index is 11.9. The van der Waals surface area contributed by atoms with Crippen molar-refractivity contribution in [2.75, 3.05) is 13.2 Å². The van der Waals surface area contributed by atoms with Gasteiger partial charge < -0.3 is 19.0 Å². The summed E-state index contributed by atoms with van der Waals surface area (Å²) >= 11 is 0. The number of aliphatic hydroxyl groups is 1. The molecule has 0 radical (unpaired) electrons. The van der Waals surface area contributed by atoms with E-state index in [2.05, 4.69) is 0 Å². The second kappa shape index (κ2) is 11.0. The maximum Gasteiger partial charge on any atom is 0.344 e. The van der Waals surface area contributed by atoms with Crippen LogP contribution in [0.2, 0.25) is 0 Å². The molecular weight excluding hydrogens is 466 g/mol. The average molecular weight is 498 g/mol. The number of nitrogens with zero attached hydrogens (tertiary/aromatic N) is 1. The molecule has 4 aromatic rings. The summed E-state index contributed by atoms with van der Waals surface area (Å²) in [6, 6.07) is 27.5. The Hall–Kier alpha value is -3.90. The van der Waals surface area contributed by atoms with E-state index in [1.54, 1.807) is 6.92 Å². The standard InChI is InChI=1S/C31H31NO5/c1-2-35-28(33)21-36-25-16-9-15-24(19-25)26-17-10-18-31(26,34)20-27-32-29(22-11-5-3-6-12-22)30(37-27)23-13-7-4-8-14-23/h3-9,11-16,19,26,34H,2,10,17-18,20-21H2,1H3.